The Morgan fingerprint density at radius 2 is 1.57 bits per heavy atom. The average molecular weight is 912 g/mol. The van der Waals surface area contributed by atoms with Crippen LogP contribution in [0.3, 0.4) is 0 Å². The molecule has 4 rings (SSSR count). The number of Topliss-reactive ketones (excluding diaryl/α,β-unsaturated/α-hetero) is 3. The monoisotopic (exact) mass is 912 g/mol. The molecule has 2 N–H and O–H groups in total. The molecule has 2 bridgehead atoms. The second-order valence-corrected chi connectivity index (χ2v) is 20.0. The van der Waals surface area contributed by atoms with Gasteiger partial charge in [-0.3, -0.25) is 19.2 Å². The smallest absolute Gasteiger partial charge is 0.329 e. The number of amides is 1. The van der Waals surface area contributed by atoms with Crippen LogP contribution in [0.5, 0.6) is 0 Å². The Kier molecular flexibility index (Phi) is 21.0. The summed E-state index contributed by atoms with van der Waals surface area (Å²) in [5, 5.41) is 23.4. The van der Waals surface area contributed by atoms with Crippen molar-refractivity contribution < 1.29 is 57.9 Å². The molecule has 0 aromatic carbocycles. The van der Waals surface area contributed by atoms with Gasteiger partial charge in [-0.05, 0) is 113 Å². The van der Waals surface area contributed by atoms with Gasteiger partial charge in [-0.1, -0.05) is 78.0 Å². The third kappa shape index (κ3) is 14.3. The van der Waals surface area contributed by atoms with Gasteiger partial charge in [0.15, 0.2) is 5.78 Å². The summed E-state index contributed by atoms with van der Waals surface area (Å²) in [5.74, 6) is -7.07. The lowest BCUT2D eigenvalue weighted by Crippen LogP contribution is -2.61. The second-order valence-electron chi connectivity index (χ2n) is 20.0. The molecule has 0 radical (unpaired) electrons. The summed E-state index contributed by atoms with van der Waals surface area (Å²) in [6, 6.07) is -1.11. The number of esters is 1. The first kappa shape index (κ1) is 54.3. The van der Waals surface area contributed by atoms with Crippen molar-refractivity contribution in [3.8, 4) is 0 Å². The Hall–Kier alpha value is -3.33. The van der Waals surface area contributed by atoms with E-state index in [0.717, 1.165) is 24.8 Å². The van der Waals surface area contributed by atoms with E-state index in [4.69, 9.17) is 23.7 Å². The quantitative estimate of drug-likeness (QED) is 0.153. The fourth-order valence-electron chi connectivity index (χ4n) is 10.4. The minimum absolute atomic E-state index is 0.0304. The molecule has 15 atom stereocenters. The number of ketones is 3. The van der Waals surface area contributed by atoms with Gasteiger partial charge in [-0.15, -0.1) is 0 Å². The minimum Gasteiger partial charge on any atom is -0.460 e. The molecule has 0 spiro atoms. The maximum Gasteiger partial charge on any atom is 0.329 e. The number of ether oxygens (including phenoxy) is 5. The van der Waals surface area contributed by atoms with Gasteiger partial charge in [-0.25, -0.2) is 4.79 Å². The lowest BCUT2D eigenvalue weighted by Gasteiger charge is -2.42. The highest BCUT2D eigenvalue weighted by molar-refractivity contribution is 6.39. The van der Waals surface area contributed by atoms with Crippen molar-refractivity contribution in [3.05, 3.63) is 47.6 Å². The van der Waals surface area contributed by atoms with E-state index in [2.05, 4.69) is 6.92 Å². The van der Waals surface area contributed by atoms with Gasteiger partial charge in [0, 0.05) is 58.5 Å². The predicted molar refractivity (Wildman–Crippen MR) is 248 cm³/mol. The number of piperidine rings is 1. The van der Waals surface area contributed by atoms with Gasteiger partial charge >= 0.3 is 5.97 Å². The number of nitrogens with zero attached hydrogens (tertiary/aromatic N) is 1. The van der Waals surface area contributed by atoms with Crippen LogP contribution in [0.2, 0.25) is 0 Å². The molecule has 13 heteroatoms. The highest BCUT2D eigenvalue weighted by Crippen LogP contribution is 2.38. The lowest BCUT2D eigenvalue weighted by atomic mass is 9.76. The molecule has 13 nitrogen and oxygen atoms in total. The minimum atomic E-state index is -2.41. The zero-order valence-corrected chi connectivity index (χ0v) is 41.2. The molecule has 3 fully saturated rings. The summed E-state index contributed by atoms with van der Waals surface area (Å²) in [7, 11) is 4.70. The standard InChI is InChI=1S/C52H81NO12/c1-31-17-13-12-14-18-32(2)44(62-10)29-40-23-21-38(8)52(60,65-40)49(57)50(58)53-24-16-15-19-41(53)51(59)64-45(35(5)27-39-22-20-33(3)43(28-39)61-9)30-42(54)34(4)26-37(7)47(56)48(63-11)46(55)36(6)25-31/h12-14,17-18,26,31,33-36,38-41,43-45,47-48,56,60H,15-16,19-25,27-30H2,1-11H3/b14-12+,17-13+,32-18+,37-26+/t31-,33-,34-,35-,36-,38-,39+,40+,41?,43-,44+,45+,47-,48+,52-/m1/s1. The number of aliphatic hydroxyl groups is 2. The maximum atomic E-state index is 14.4. The van der Waals surface area contributed by atoms with E-state index >= 15 is 0 Å². The molecule has 1 unspecified atom stereocenters. The van der Waals surface area contributed by atoms with E-state index < -0.39 is 77.8 Å². The Morgan fingerprint density at radius 1 is 0.846 bits per heavy atom. The van der Waals surface area contributed by atoms with Crippen LogP contribution in [0.15, 0.2) is 47.6 Å². The summed E-state index contributed by atoms with van der Waals surface area (Å²) in [4.78, 5) is 71.9. The number of carbonyl (C=O) groups excluding carboxylic acids is 5. The zero-order valence-electron chi connectivity index (χ0n) is 41.2. The van der Waals surface area contributed by atoms with E-state index in [9.17, 15) is 34.2 Å². The fourth-order valence-corrected chi connectivity index (χ4v) is 10.4. The van der Waals surface area contributed by atoms with Crippen molar-refractivity contribution >= 4 is 29.2 Å². The number of carbonyl (C=O) groups is 5. The van der Waals surface area contributed by atoms with Crippen molar-refractivity contribution in [2.45, 2.75) is 181 Å². The first-order valence-corrected chi connectivity index (χ1v) is 24.2. The zero-order chi connectivity index (χ0) is 48.2. The maximum absolute atomic E-state index is 14.4. The molecule has 1 saturated carbocycles. The van der Waals surface area contributed by atoms with E-state index in [0.29, 0.717) is 56.4 Å². The SMILES string of the molecule is CO[C@H]1C[C@@H]2CC[C@@H](C)[C@@](O)(O2)C(=O)C(=O)N2CCCCC2C(=O)O[C@H]([C@H](C)C[C@@H]2CC[C@@H](C)[C@H](OC)C2)CC(=O)[C@H](C)/C=C(\C)[C@@H](O)[C@@H](OC)C(=O)[C@H](C)C[C@H](C)/C=C/C=C/C=C/1C. The van der Waals surface area contributed by atoms with E-state index in [-0.39, 0.29) is 54.8 Å². The van der Waals surface area contributed by atoms with Gasteiger partial charge in [-0.2, -0.15) is 0 Å². The third-order valence-corrected chi connectivity index (χ3v) is 14.8. The van der Waals surface area contributed by atoms with E-state index in [1.807, 2.05) is 58.1 Å². The number of allylic oxidation sites excluding steroid dienone is 6. The van der Waals surface area contributed by atoms with Crippen LogP contribution in [-0.4, -0.2) is 121 Å². The first-order valence-electron chi connectivity index (χ1n) is 24.2. The number of hydrogen-bond acceptors (Lipinski definition) is 12. The Bertz CT molecular complexity index is 1750. The van der Waals surface area contributed by atoms with Crippen LogP contribution in [0.25, 0.3) is 0 Å². The molecule has 1 aliphatic carbocycles. The van der Waals surface area contributed by atoms with Gasteiger partial charge in [0.1, 0.15) is 30.1 Å². The average Bonchev–Trinajstić information content (AvgIpc) is 3.28. The van der Waals surface area contributed by atoms with Crippen LogP contribution in [0.1, 0.15) is 132 Å². The van der Waals surface area contributed by atoms with Crippen molar-refractivity contribution in [1.29, 1.82) is 0 Å². The molecular weight excluding hydrogens is 831 g/mol. The molecule has 65 heavy (non-hydrogen) atoms. The van der Waals surface area contributed by atoms with Crippen LogP contribution in [0.4, 0.5) is 0 Å². The molecule has 366 valence electrons. The van der Waals surface area contributed by atoms with Gasteiger partial charge in [0.25, 0.3) is 11.7 Å². The largest absolute Gasteiger partial charge is 0.460 e. The molecule has 3 heterocycles. The van der Waals surface area contributed by atoms with Crippen molar-refractivity contribution in [1.82, 2.24) is 4.90 Å². The number of rotatable bonds is 6. The van der Waals surface area contributed by atoms with E-state index in [1.165, 1.54) is 12.0 Å². The molecule has 0 aromatic rings. The number of aliphatic hydroxyl groups excluding tert-OH is 1. The first-order chi connectivity index (χ1) is 30.7. The van der Waals surface area contributed by atoms with Gasteiger partial charge in [0.05, 0.1) is 18.3 Å². The van der Waals surface area contributed by atoms with Crippen LogP contribution in [-0.2, 0) is 47.7 Å². The summed E-state index contributed by atoms with van der Waals surface area (Å²) >= 11 is 0. The molecule has 0 aromatic heterocycles. The van der Waals surface area contributed by atoms with Crippen LogP contribution in [0, 0.1) is 41.4 Å². The van der Waals surface area contributed by atoms with Crippen molar-refractivity contribution in [2.75, 3.05) is 27.9 Å². The molecule has 3 aliphatic heterocycles. The summed E-state index contributed by atoms with van der Waals surface area (Å²) < 4.78 is 29.7. The lowest BCUT2D eigenvalue weighted by molar-refractivity contribution is -0.265. The van der Waals surface area contributed by atoms with Gasteiger partial charge in [0.2, 0.25) is 5.79 Å². The van der Waals surface area contributed by atoms with Gasteiger partial charge < -0.3 is 38.8 Å². The Morgan fingerprint density at radius 3 is 2.25 bits per heavy atom. The molecule has 1 amide bonds. The van der Waals surface area contributed by atoms with E-state index in [1.54, 1.807) is 41.1 Å². The highest BCUT2D eigenvalue weighted by atomic mass is 16.6. The highest BCUT2D eigenvalue weighted by Gasteiger charge is 2.53. The number of hydrogen-bond donors (Lipinski definition) is 2. The van der Waals surface area contributed by atoms with Crippen molar-refractivity contribution in [3.63, 3.8) is 0 Å². The predicted octanol–water partition coefficient (Wildman–Crippen LogP) is 7.46. The molecular formula is C52H81NO12. The summed E-state index contributed by atoms with van der Waals surface area (Å²) in [6.45, 7) is 15.1. The summed E-state index contributed by atoms with van der Waals surface area (Å²) in [5.41, 5.74) is 1.30. The van der Waals surface area contributed by atoms with Crippen LogP contribution < -0.4 is 0 Å². The normalized spacial score (nSPS) is 40.4. The topological polar surface area (TPSA) is 175 Å². The van der Waals surface area contributed by atoms with Crippen molar-refractivity contribution in [2.24, 2.45) is 41.4 Å². The summed E-state index contributed by atoms with van der Waals surface area (Å²) in [6.07, 6.45) is 13.6. The molecule has 2 saturated heterocycles. The third-order valence-electron chi connectivity index (χ3n) is 14.8. The fraction of sp³-hybridized carbons (Fsp3) is 0.750. The molecule has 4 aliphatic rings. The number of fused-ring (bicyclic) bond motifs is 3. The number of methoxy groups -OCH3 is 3. The second kappa shape index (κ2) is 25.2. The Labute approximate surface area is 388 Å². The van der Waals surface area contributed by atoms with Crippen LogP contribution >= 0.6 is 0 Å². The number of cyclic esters (lactones) is 1. The Balaban J connectivity index is 1.70.